The van der Waals surface area contributed by atoms with Gasteiger partial charge in [-0.3, -0.25) is 19.2 Å². The summed E-state index contributed by atoms with van der Waals surface area (Å²) >= 11 is 3.31. The van der Waals surface area contributed by atoms with E-state index in [1.807, 2.05) is 0 Å². The number of nitrogens with one attached hydrogen (secondary N) is 1. The van der Waals surface area contributed by atoms with E-state index < -0.39 is 27.4 Å². The van der Waals surface area contributed by atoms with Gasteiger partial charge < -0.3 is 0 Å². The van der Waals surface area contributed by atoms with Gasteiger partial charge in [-0.1, -0.05) is 52.3 Å². The molecule has 1 N–H and O–H groups in total. The lowest BCUT2D eigenvalue weighted by atomic mass is 10.2. The van der Waals surface area contributed by atoms with E-state index in [9.17, 15) is 23.3 Å². The lowest BCUT2D eigenvalue weighted by Crippen LogP contribution is -2.39. The number of hydrazone groups is 1. The summed E-state index contributed by atoms with van der Waals surface area (Å²) in [7, 11) is -4.05. The predicted molar refractivity (Wildman–Crippen MR) is 124 cm³/mol. The number of para-hydroxylation sites is 1. The number of carbonyl (C=O) groups is 1. The molecule has 164 valence electrons. The molecule has 0 saturated heterocycles. The average Bonchev–Trinajstić information content (AvgIpc) is 2.78. The van der Waals surface area contributed by atoms with E-state index in [1.54, 1.807) is 48.5 Å². The number of benzene rings is 3. The summed E-state index contributed by atoms with van der Waals surface area (Å²) in [6.07, 6.45) is 1.13. The number of carbonyl (C=O) groups excluding carboxylic acids is 1. The first-order valence-electron chi connectivity index (χ1n) is 9.18. The number of rotatable bonds is 8. The number of nitro benzene ring substituents is 1. The number of halogens is 1. The molecule has 1 amide bonds. The Hall–Kier alpha value is -3.57. The summed E-state index contributed by atoms with van der Waals surface area (Å²) in [4.78, 5) is 23.1. The molecule has 0 fully saturated rings. The zero-order valence-electron chi connectivity index (χ0n) is 16.5. The van der Waals surface area contributed by atoms with Gasteiger partial charge in [0.05, 0.1) is 27.3 Å². The summed E-state index contributed by atoms with van der Waals surface area (Å²) < 4.78 is 28.0. The minimum Gasteiger partial charge on any atom is -0.271 e. The first-order chi connectivity index (χ1) is 15.3. The molecule has 3 rings (SSSR count). The summed E-state index contributed by atoms with van der Waals surface area (Å²) in [5.41, 5.74) is 2.52. The Morgan fingerprint density at radius 1 is 1.06 bits per heavy atom. The van der Waals surface area contributed by atoms with Gasteiger partial charge in [-0.05, 0) is 36.4 Å². The molecule has 0 saturated carbocycles. The van der Waals surface area contributed by atoms with Crippen LogP contribution < -0.4 is 9.73 Å². The number of nitrogens with zero attached hydrogens (tertiary/aromatic N) is 3. The second-order valence-electron chi connectivity index (χ2n) is 6.41. The Morgan fingerprint density at radius 2 is 1.75 bits per heavy atom. The van der Waals surface area contributed by atoms with Gasteiger partial charge in [0, 0.05) is 10.5 Å². The SMILES string of the molecule is O=C(CN(c1cccc(Br)c1)S(=O)(=O)c1ccccc1)N/N=C/c1ccccc1[N+](=O)[O-]. The molecular formula is C21H17BrN4O5S. The van der Waals surface area contributed by atoms with E-state index in [-0.39, 0.29) is 21.8 Å². The molecule has 0 aliphatic rings. The van der Waals surface area contributed by atoms with Crippen LogP contribution in [0.25, 0.3) is 0 Å². The number of nitro groups is 1. The van der Waals surface area contributed by atoms with Gasteiger partial charge >= 0.3 is 0 Å². The molecule has 0 unspecified atom stereocenters. The van der Waals surface area contributed by atoms with Crippen LogP contribution in [0, 0.1) is 10.1 Å². The normalized spacial score (nSPS) is 11.3. The number of sulfonamides is 1. The maximum atomic E-state index is 13.2. The standard InChI is InChI=1S/C21H17BrN4O5S/c22-17-8-6-9-18(13-17)25(32(30,31)19-10-2-1-3-11-19)15-21(27)24-23-14-16-7-4-5-12-20(16)26(28)29/h1-14H,15H2,(H,24,27)/b23-14+. The van der Waals surface area contributed by atoms with E-state index in [0.29, 0.717) is 4.47 Å². The molecule has 3 aromatic rings. The molecule has 11 heteroatoms. The number of hydrogen-bond acceptors (Lipinski definition) is 6. The van der Waals surface area contributed by atoms with Crippen LogP contribution in [0.3, 0.4) is 0 Å². The van der Waals surface area contributed by atoms with Gasteiger partial charge in [-0.15, -0.1) is 0 Å². The molecule has 3 aromatic carbocycles. The fourth-order valence-corrected chi connectivity index (χ4v) is 4.59. The average molecular weight is 517 g/mol. The molecule has 0 heterocycles. The second-order valence-corrected chi connectivity index (χ2v) is 9.19. The maximum absolute atomic E-state index is 13.2. The predicted octanol–water partition coefficient (Wildman–Crippen LogP) is 3.70. The van der Waals surface area contributed by atoms with Crippen molar-refractivity contribution in [3.8, 4) is 0 Å². The zero-order valence-corrected chi connectivity index (χ0v) is 18.9. The van der Waals surface area contributed by atoms with Crippen molar-refractivity contribution in [2.75, 3.05) is 10.8 Å². The second kappa shape index (κ2) is 10.2. The van der Waals surface area contributed by atoms with Crippen molar-refractivity contribution in [2.45, 2.75) is 4.90 Å². The Bertz CT molecular complexity index is 1270. The van der Waals surface area contributed by atoms with E-state index >= 15 is 0 Å². The highest BCUT2D eigenvalue weighted by atomic mass is 79.9. The van der Waals surface area contributed by atoms with Gasteiger partial charge in [0.25, 0.3) is 21.6 Å². The van der Waals surface area contributed by atoms with E-state index in [4.69, 9.17) is 0 Å². The highest BCUT2D eigenvalue weighted by molar-refractivity contribution is 9.10. The zero-order chi connectivity index (χ0) is 23.1. The quantitative estimate of drug-likeness (QED) is 0.277. The molecule has 0 radical (unpaired) electrons. The van der Waals surface area contributed by atoms with Gasteiger partial charge in [-0.25, -0.2) is 13.8 Å². The van der Waals surface area contributed by atoms with E-state index in [2.05, 4.69) is 26.5 Å². The molecule has 0 atom stereocenters. The van der Waals surface area contributed by atoms with Crippen LogP contribution in [0.2, 0.25) is 0 Å². The van der Waals surface area contributed by atoms with E-state index in [0.717, 1.165) is 10.5 Å². The molecular weight excluding hydrogens is 500 g/mol. The fraction of sp³-hybridized carbons (Fsp3) is 0.0476. The van der Waals surface area contributed by atoms with Crippen LogP contribution in [0.15, 0.2) is 93.3 Å². The van der Waals surface area contributed by atoms with Crippen molar-refractivity contribution in [3.63, 3.8) is 0 Å². The number of anilines is 1. The molecule has 0 spiro atoms. The van der Waals surface area contributed by atoms with E-state index in [1.165, 1.54) is 30.3 Å². The highest BCUT2D eigenvalue weighted by Crippen LogP contribution is 2.26. The molecule has 9 nitrogen and oxygen atoms in total. The van der Waals surface area contributed by atoms with Crippen LogP contribution >= 0.6 is 15.9 Å². The lowest BCUT2D eigenvalue weighted by Gasteiger charge is -2.23. The monoisotopic (exact) mass is 516 g/mol. The molecule has 32 heavy (non-hydrogen) atoms. The van der Waals surface area contributed by atoms with Crippen LogP contribution in [0.5, 0.6) is 0 Å². The van der Waals surface area contributed by atoms with Gasteiger partial charge in [0.15, 0.2) is 0 Å². The smallest absolute Gasteiger partial charge is 0.271 e. The van der Waals surface area contributed by atoms with Crippen molar-refractivity contribution in [1.82, 2.24) is 5.43 Å². The third-order valence-corrected chi connectivity index (χ3v) is 6.52. The lowest BCUT2D eigenvalue weighted by molar-refractivity contribution is -0.385. The van der Waals surface area contributed by atoms with Gasteiger partial charge in [-0.2, -0.15) is 5.10 Å². The number of amides is 1. The third-order valence-electron chi connectivity index (χ3n) is 4.24. The first kappa shape index (κ1) is 23.1. The molecule has 0 bridgehead atoms. The molecule has 0 aliphatic heterocycles. The van der Waals surface area contributed by atoms with Crippen molar-refractivity contribution < 1.29 is 18.1 Å². The fourth-order valence-electron chi connectivity index (χ4n) is 2.77. The maximum Gasteiger partial charge on any atom is 0.278 e. The van der Waals surface area contributed by atoms with Crippen molar-refractivity contribution in [2.24, 2.45) is 5.10 Å². The Balaban J connectivity index is 1.84. The number of hydrogen-bond donors (Lipinski definition) is 1. The first-order valence-corrected chi connectivity index (χ1v) is 11.4. The topological polar surface area (TPSA) is 122 Å². The van der Waals surface area contributed by atoms with Crippen LogP contribution in [0.1, 0.15) is 5.56 Å². The molecule has 0 aromatic heterocycles. The highest BCUT2D eigenvalue weighted by Gasteiger charge is 2.27. The van der Waals surface area contributed by atoms with Crippen LogP contribution in [-0.2, 0) is 14.8 Å². The Labute approximate surface area is 192 Å². The Kier molecular flexibility index (Phi) is 7.33. The molecule has 0 aliphatic carbocycles. The van der Waals surface area contributed by atoms with Crippen molar-refractivity contribution in [1.29, 1.82) is 0 Å². The van der Waals surface area contributed by atoms with Crippen LogP contribution in [0.4, 0.5) is 11.4 Å². The van der Waals surface area contributed by atoms with Gasteiger partial charge in [0.1, 0.15) is 6.54 Å². The van der Waals surface area contributed by atoms with Crippen LogP contribution in [-0.4, -0.2) is 32.0 Å². The van der Waals surface area contributed by atoms with Crippen molar-refractivity contribution >= 4 is 49.4 Å². The third kappa shape index (κ3) is 5.56. The minimum atomic E-state index is -4.05. The Morgan fingerprint density at radius 3 is 2.44 bits per heavy atom. The summed E-state index contributed by atoms with van der Waals surface area (Å²) in [6, 6.07) is 20.1. The largest absolute Gasteiger partial charge is 0.278 e. The minimum absolute atomic E-state index is 0.0242. The van der Waals surface area contributed by atoms with Gasteiger partial charge in [0.2, 0.25) is 0 Å². The summed E-state index contributed by atoms with van der Waals surface area (Å²) in [6.45, 7) is -0.554. The van der Waals surface area contributed by atoms with Crippen molar-refractivity contribution in [3.05, 3.63) is 99.0 Å². The summed E-state index contributed by atoms with van der Waals surface area (Å²) in [5, 5.41) is 14.8. The summed E-state index contributed by atoms with van der Waals surface area (Å²) in [5.74, 6) is -0.723.